The third-order valence-electron chi connectivity index (χ3n) is 3.59. The number of hydrogen-bond donors (Lipinski definition) is 2. The molecule has 0 unspecified atom stereocenters. The van der Waals surface area contributed by atoms with Crippen LogP contribution in [0.2, 0.25) is 5.02 Å². The van der Waals surface area contributed by atoms with Crippen molar-refractivity contribution < 1.29 is 17.9 Å². The summed E-state index contributed by atoms with van der Waals surface area (Å²) >= 11 is 5.87. The van der Waals surface area contributed by atoms with E-state index in [2.05, 4.69) is 15.0 Å². The Morgan fingerprint density at radius 1 is 1.42 bits per heavy atom. The highest BCUT2D eigenvalue weighted by Crippen LogP contribution is 2.26. The summed E-state index contributed by atoms with van der Waals surface area (Å²) < 4.78 is 34.3. The fraction of sp³-hybridized carbons (Fsp3) is 0.375. The number of halogens is 1. The molecular weight excluding hydrogens is 380 g/mol. The van der Waals surface area contributed by atoms with Crippen LogP contribution < -0.4 is 14.8 Å². The van der Waals surface area contributed by atoms with Crippen LogP contribution in [0.5, 0.6) is 5.75 Å². The van der Waals surface area contributed by atoms with Crippen molar-refractivity contribution in [3.63, 3.8) is 0 Å². The molecule has 8 nitrogen and oxygen atoms in total. The number of imidazole rings is 1. The average molecular weight is 401 g/mol. The number of carbonyl (C=O) groups is 1. The molecule has 1 heterocycles. The Labute approximate surface area is 157 Å². The Bertz CT molecular complexity index is 840. The standard InChI is InChI=1S/C16H21ClN4O4S/c1-12(16(22)19-6-3-8-21-9-7-18-11-21)20-26(23,24)15-10-13(17)4-5-14(15)25-2/h4-5,7,9-12,20H,3,6,8H2,1-2H3,(H,19,22)/t12-/m1/s1. The number of nitrogens with one attached hydrogen (secondary N) is 2. The van der Waals surface area contributed by atoms with Gasteiger partial charge in [0.1, 0.15) is 10.6 Å². The van der Waals surface area contributed by atoms with E-state index in [1.54, 1.807) is 12.5 Å². The zero-order valence-corrected chi connectivity index (χ0v) is 16.0. The number of rotatable bonds is 9. The molecule has 0 aliphatic carbocycles. The van der Waals surface area contributed by atoms with Crippen molar-refractivity contribution in [1.29, 1.82) is 0 Å². The van der Waals surface area contributed by atoms with Crippen molar-refractivity contribution in [2.24, 2.45) is 0 Å². The summed E-state index contributed by atoms with van der Waals surface area (Å²) in [6.07, 6.45) is 5.90. The van der Waals surface area contributed by atoms with Crippen LogP contribution in [0.4, 0.5) is 0 Å². The SMILES string of the molecule is COc1ccc(Cl)cc1S(=O)(=O)N[C@H](C)C(=O)NCCCn1ccnc1. The van der Waals surface area contributed by atoms with Gasteiger partial charge in [0.05, 0.1) is 19.5 Å². The van der Waals surface area contributed by atoms with Crippen LogP contribution in [0.25, 0.3) is 0 Å². The molecule has 1 atom stereocenters. The van der Waals surface area contributed by atoms with Gasteiger partial charge in [0, 0.05) is 30.5 Å². The highest BCUT2D eigenvalue weighted by Gasteiger charge is 2.25. The molecule has 1 aromatic carbocycles. The normalized spacial score (nSPS) is 12.6. The second-order valence-corrected chi connectivity index (χ2v) is 7.70. The third-order valence-corrected chi connectivity index (χ3v) is 5.39. The van der Waals surface area contributed by atoms with Crippen LogP contribution >= 0.6 is 11.6 Å². The van der Waals surface area contributed by atoms with Crippen LogP contribution in [0, 0.1) is 0 Å². The van der Waals surface area contributed by atoms with Crippen molar-refractivity contribution >= 4 is 27.5 Å². The largest absolute Gasteiger partial charge is 0.495 e. The summed E-state index contributed by atoms with van der Waals surface area (Å²) in [7, 11) is -2.61. The van der Waals surface area contributed by atoms with Crippen molar-refractivity contribution in [2.45, 2.75) is 30.8 Å². The first-order valence-electron chi connectivity index (χ1n) is 7.93. The number of methoxy groups -OCH3 is 1. The molecule has 1 amide bonds. The van der Waals surface area contributed by atoms with Gasteiger partial charge in [-0.05, 0) is 31.5 Å². The lowest BCUT2D eigenvalue weighted by molar-refractivity contribution is -0.122. The number of hydrogen-bond acceptors (Lipinski definition) is 5. The monoisotopic (exact) mass is 400 g/mol. The quantitative estimate of drug-likeness (QED) is 0.620. The van der Waals surface area contributed by atoms with Gasteiger partial charge in [-0.2, -0.15) is 4.72 Å². The molecule has 1 aromatic heterocycles. The van der Waals surface area contributed by atoms with Gasteiger partial charge in [0.15, 0.2) is 0 Å². The van der Waals surface area contributed by atoms with E-state index in [-0.39, 0.29) is 15.7 Å². The molecule has 10 heteroatoms. The molecular formula is C16H21ClN4O4S. The molecule has 0 saturated carbocycles. The maximum Gasteiger partial charge on any atom is 0.245 e. The van der Waals surface area contributed by atoms with Gasteiger partial charge in [0.2, 0.25) is 15.9 Å². The molecule has 0 aliphatic rings. The Kier molecular flexibility index (Phi) is 7.01. The van der Waals surface area contributed by atoms with E-state index in [1.165, 1.54) is 32.2 Å². The Hall–Kier alpha value is -2.10. The summed E-state index contributed by atoms with van der Waals surface area (Å²) in [5, 5.41) is 2.95. The average Bonchev–Trinajstić information content (AvgIpc) is 3.11. The van der Waals surface area contributed by atoms with Crippen LogP contribution in [0.3, 0.4) is 0 Å². The molecule has 2 aromatic rings. The van der Waals surface area contributed by atoms with Crippen molar-refractivity contribution in [3.8, 4) is 5.75 Å². The first-order valence-corrected chi connectivity index (χ1v) is 9.79. The van der Waals surface area contributed by atoms with Crippen LogP contribution in [-0.4, -0.2) is 43.6 Å². The smallest absolute Gasteiger partial charge is 0.245 e. The lowest BCUT2D eigenvalue weighted by atomic mass is 10.3. The molecule has 0 saturated heterocycles. The van der Waals surface area contributed by atoms with Crippen molar-refractivity contribution in [2.75, 3.05) is 13.7 Å². The first kappa shape index (κ1) is 20.2. The number of nitrogens with zero attached hydrogens (tertiary/aromatic N) is 2. The topological polar surface area (TPSA) is 102 Å². The number of ether oxygens (including phenoxy) is 1. The van der Waals surface area contributed by atoms with Gasteiger partial charge >= 0.3 is 0 Å². The fourth-order valence-corrected chi connectivity index (χ4v) is 3.89. The second-order valence-electron chi connectivity index (χ2n) is 5.58. The summed E-state index contributed by atoms with van der Waals surface area (Å²) in [6, 6.07) is 3.31. The maximum atomic E-state index is 12.5. The molecule has 2 rings (SSSR count). The zero-order valence-electron chi connectivity index (χ0n) is 14.5. The Morgan fingerprint density at radius 2 is 2.19 bits per heavy atom. The summed E-state index contributed by atoms with van der Waals surface area (Å²) in [5.74, 6) is -0.268. The van der Waals surface area contributed by atoms with E-state index in [1.807, 2.05) is 10.8 Å². The minimum absolute atomic E-state index is 0.118. The first-order chi connectivity index (χ1) is 12.3. The minimum atomic E-state index is -3.97. The predicted octanol–water partition coefficient (Wildman–Crippen LogP) is 1.42. The molecule has 0 radical (unpaired) electrons. The van der Waals surface area contributed by atoms with E-state index in [4.69, 9.17) is 16.3 Å². The maximum absolute atomic E-state index is 12.5. The third kappa shape index (κ3) is 5.45. The summed E-state index contributed by atoms with van der Waals surface area (Å²) in [5.41, 5.74) is 0. The van der Waals surface area contributed by atoms with E-state index in [9.17, 15) is 13.2 Å². The van der Waals surface area contributed by atoms with Crippen LogP contribution in [0.15, 0.2) is 41.8 Å². The van der Waals surface area contributed by atoms with E-state index in [0.29, 0.717) is 19.5 Å². The van der Waals surface area contributed by atoms with Crippen LogP contribution in [0.1, 0.15) is 13.3 Å². The predicted molar refractivity (Wildman–Crippen MR) is 97.6 cm³/mol. The minimum Gasteiger partial charge on any atom is -0.495 e. The molecule has 142 valence electrons. The van der Waals surface area contributed by atoms with Gasteiger partial charge in [0.25, 0.3) is 0 Å². The number of sulfonamides is 1. The molecule has 0 aliphatic heterocycles. The number of aromatic nitrogens is 2. The molecule has 2 N–H and O–H groups in total. The zero-order chi connectivity index (χ0) is 19.2. The number of aryl methyl sites for hydroxylation is 1. The Balaban J connectivity index is 1.91. The van der Waals surface area contributed by atoms with E-state index in [0.717, 1.165) is 0 Å². The molecule has 26 heavy (non-hydrogen) atoms. The summed E-state index contributed by atoms with van der Waals surface area (Å²) in [6.45, 7) is 2.60. The molecule has 0 spiro atoms. The van der Waals surface area contributed by atoms with Gasteiger partial charge in [-0.3, -0.25) is 4.79 Å². The lowest BCUT2D eigenvalue weighted by Gasteiger charge is -2.16. The molecule has 0 fully saturated rings. The van der Waals surface area contributed by atoms with Gasteiger partial charge in [-0.25, -0.2) is 13.4 Å². The Morgan fingerprint density at radius 3 is 2.85 bits per heavy atom. The molecule has 0 bridgehead atoms. The van der Waals surface area contributed by atoms with Gasteiger partial charge in [-0.1, -0.05) is 11.6 Å². The lowest BCUT2D eigenvalue weighted by Crippen LogP contribution is -2.45. The number of amides is 1. The fourth-order valence-electron chi connectivity index (χ4n) is 2.26. The highest BCUT2D eigenvalue weighted by molar-refractivity contribution is 7.89. The second kappa shape index (κ2) is 9.02. The van der Waals surface area contributed by atoms with Crippen molar-refractivity contribution in [3.05, 3.63) is 41.9 Å². The van der Waals surface area contributed by atoms with Crippen molar-refractivity contribution in [1.82, 2.24) is 19.6 Å². The van der Waals surface area contributed by atoms with E-state index < -0.39 is 22.0 Å². The van der Waals surface area contributed by atoms with Gasteiger partial charge < -0.3 is 14.6 Å². The number of carbonyl (C=O) groups excluding carboxylic acids is 1. The highest BCUT2D eigenvalue weighted by atomic mass is 35.5. The van der Waals surface area contributed by atoms with E-state index >= 15 is 0 Å². The summed E-state index contributed by atoms with van der Waals surface area (Å²) in [4.78, 5) is 15.9. The van der Waals surface area contributed by atoms with Crippen LogP contribution in [-0.2, 0) is 21.4 Å². The van der Waals surface area contributed by atoms with Gasteiger partial charge in [-0.15, -0.1) is 0 Å². The number of benzene rings is 1.